The van der Waals surface area contributed by atoms with E-state index in [9.17, 15) is 0 Å². The van der Waals surface area contributed by atoms with Gasteiger partial charge in [-0.15, -0.1) is 0 Å². The smallest absolute Gasteiger partial charge is 0.0218 e. The zero-order chi connectivity index (χ0) is 12.8. The van der Waals surface area contributed by atoms with Crippen molar-refractivity contribution in [1.29, 1.82) is 0 Å². The van der Waals surface area contributed by atoms with Crippen LogP contribution in [-0.4, -0.2) is 49.1 Å². The minimum absolute atomic E-state index is 0.799. The van der Waals surface area contributed by atoms with Gasteiger partial charge in [0.25, 0.3) is 0 Å². The summed E-state index contributed by atoms with van der Waals surface area (Å²) in [7, 11) is 2.29. The van der Waals surface area contributed by atoms with Crippen LogP contribution in [0, 0.1) is 5.92 Å². The Balaban J connectivity index is 1.69. The van der Waals surface area contributed by atoms with E-state index in [1.165, 1.54) is 77.5 Å². The topological polar surface area (TPSA) is 6.48 Å². The fraction of sp³-hybridized carbons (Fsp3) is 1.00. The fourth-order valence-corrected chi connectivity index (χ4v) is 3.67. The Morgan fingerprint density at radius 2 is 1.72 bits per heavy atom. The normalized spacial score (nSPS) is 29.3. The van der Waals surface area contributed by atoms with E-state index in [4.69, 9.17) is 0 Å². The van der Waals surface area contributed by atoms with Crippen molar-refractivity contribution < 1.29 is 0 Å². The summed E-state index contributed by atoms with van der Waals surface area (Å²) in [6.45, 7) is 7.55. The molecule has 1 aliphatic heterocycles. The maximum Gasteiger partial charge on any atom is 0.0218 e. The van der Waals surface area contributed by atoms with E-state index < -0.39 is 0 Å². The van der Waals surface area contributed by atoms with Crippen LogP contribution >= 0.6 is 0 Å². The summed E-state index contributed by atoms with van der Waals surface area (Å²) in [6, 6.07) is 0.799. The Kier molecular flexibility index (Phi) is 5.97. The zero-order valence-electron chi connectivity index (χ0n) is 12.5. The second kappa shape index (κ2) is 7.49. The molecule has 1 saturated heterocycles. The van der Waals surface area contributed by atoms with Crippen molar-refractivity contribution in [2.75, 3.05) is 33.2 Å². The second-order valence-electron chi connectivity index (χ2n) is 6.49. The Bertz CT molecular complexity index is 221. The Morgan fingerprint density at radius 3 is 2.39 bits per heavy atom. The highest BCUT2D eigenvalue weighted by atomic mass is 15.3. The van der Waals surface area contributed by atoms with E-state index in [2.05, 4.69) is 23.8 Å². The molecule has 0 unspecified atom stereocenters. The number of piperazine rings is 1. The molecule has 1 heterocycles. The first-order valence-electron chi connectivity index (χ1n) is 8.22. The van der Waals surface area contributed by atoms with Gasteiger partial charge in [-0.25, -0.2) is 0 Å². The minimum Gasteiger partial charge on any atom is -0.301 e. The van der Waals surface area contributed by atoms with Crippen molar-refractivity contribution in [3.8, 4) is 0 Å². The van der Waals surface area contributed by atoms with Crippen LogP contribution in [0.3, 0.4) is 0 Å². The lowest BCUT2D eigenvalue weighted by molar-refractivity contribution is 0.0882. The lowest BCUT2D eigenvalue weighted by Gasteiger charge is -2.39. The molecule has 18 heavy (non-hydrogen) atoms. The van der Waals surface area contributed by atoms with Crippen LogP contribution in [0.25, 0.3) is 0 Å². The van der Waals surface area contributed by atoms with Crippen LogP contribution in [0.5, 0.6) is 0 Å². The average molecular weight is 252 g/mol. The molecule has 0 radical (unpaired) electrons. The number of likely N-dealkylation sites (N-methyl/N-ethyl adjacent to an activating group) is 1. The lowest BCUT2D eigenvalue weighted by Crippen LogP contribution is -2.51. The van der Waals surface area contributed by atoms with Gasteiger partial charge in [-0.1, -0.05) is 45.4 Å². The predicted molar refractivity (Wildman–Crippen MR) is 79.0 cm³/mol. The number of nitrogens with zero attached hydrogens (tertiary/aromatic N) is 2. The van der Waals surface area contributed by atoms with E-state index in [1.54, 1.807) is 0 Å². The minimum atomic E-state index is 0.799. The molecule has 2 fully saturated rings. The summed E-state index contributed by atoms with van der Waals surface area (Å²) < 4.78 is 0. The molecule has 0 spiro atoms. The highest BCUT2D eigenvalue weighted by Crippen LogP contribution is 2.26. The number of hydrogen-bond acceptors (Lipinski definition) is 2. The van der Waals surface area contributed by atoms with Crippen LogP contribution in [-0.2, 0) is 0 Å². The van der Waals surface area contributed by atoms with Gasteiger partial charge in [-0.3, -0.25) is 0 Å². The van der Waals surface area contributed by atoms with Gasteiger partial charge in [0.2, 0.25) is 0 Å². The van der Waals surface area contributed by atoms with Crippen molar-refractivity contribution in [2.24, 2.45) is 5.92 Å². The molecule has 1 atom stereocenters. The van der Waals surface area contributed by atoms with Gasteiger partial charge < -0.3 is 9.80 Å². The SMILES string of the molecule is CC[C@@H]1CN(CCC2CCCCCC2)CCN1C. The van der Waals surface area contributed by atoms with E-state index >= 15 is 0 Å². The van der Waals surface area contributed by atoms with Gasteiger partial charge in [-0.2, -0.15) is 0 Å². The molecular formula is C16H32N2. The van der Waals surface area contributed by atoms with Gasteiger partial charge in [0.1, 0.15) is 0 Å². The molecular weight excluding hydrogens is 220 g/mol. The number of rotatable bonds is 4. The highest BCUT2D eigenvalue weighted by Gasteiger charge is 2.23. The Morgan fingerprint density at radius 1 is 1.00 bits per heavy atom. The molecule has 2 nitrogen and oxygen atoms in total. The van der Waals surface area contributed by atoms with Gasteiger partial charge >= 0.3 is 0 Å². The summed E-state index contributed by atoms with van der Waals surface area (Å²) in [5.41, 5.74) is 0. The predicted octanol–water partition coefficient (Wildman–Crippen LogP) is 3.37. The van der Waals surface area contributed by atoms with Crippen molar-refractivity contribution in [3.63, 3.8) is 0 Å². The quantitative estimate of drug-likeness (QED) is 0.708. The van der Waals surface area contributed by atoms with E-state index in [0.29, 0.717) is 0 Å². The third-order valence-electron chi connectivity index (χ3n) is 5.16. The molecule has 106 valence electrons. The van der Waals surface area contributed by atoms with Crippen LogP contribution in [0.4, 0.5) is 0 Å². The fourth-order valence-electron chi connectivity index (χ4n) is 3.67. The largest absolute Gasteiger partial charge is 0.301 e. The molecule has 2 rings (SSSR count). The van der Waals surface area contributed by atoms with Gasteiger partial charge in [0, 0.05) is 25.7 Å². The average Bonchev–Trinajstić information content (AvgIpc) is 2.66. The molecule has 0 N–H and O–H groups in total. The van der Waals surface area contributed by atoms with Crippen molar-refractivity contribution >= 4 is 0 Å². The van der Waals surface area contributed by atoms with Crippen LogP contribution in [0.1, 0.15) is 58.3 Å². The third-order valence-corrected chi connectivity index (χ3v) is 5.16. The summed E-state index contributed by atoms with van der Waals surface area (Å²) in [5.74, 6) is 1.03. The van der Waals surface area contributed by atoms with Crippen molar-refractivity contribution in [3.05, 3.63) is 0 Å². The van der Waals surface area contributed by atoms with Gasteiger partial charge in [0.15, 0.2) is 0 Å². The van der Waals surface area contributed by atoms with Crippen molar-refractivity contribution in [1.82, 2.24) is 9.80 Å². The van der Waals surface area contributed by atoms with E-state index in [1.807, 2.05) is 0 Å². The standard InChI is InChI=1S/C16H32N2/c1-3-16-14-18(13-12-17(16)2)11-10-15-8-6-4-5-7-9-15/h15-16H,3-14H2,1-2H3/t16-/m1/s1. The van der Waals surface area contributed by atoms with E-state index in [-0.39, 0.29) is 0 Å². The summed E-state index contributed by atoms with van der Waals surface area (Å²) in [5, 5.41) is 0. The first-order valence-corrected chi connectivity index (χ1v) is 8.22. The summed E-state index contributed by atoms with van der Waals surface area (Å²) in [4.78, 5) is 5.27. The van der Waals surface area contributed by atoms with Gasteiger partial charge in [0.05, 0.1) is 0 Å². The van der Waals surface area contributed by atoms with E-state index in [0.717, 1.165) is 12.0 Å². The Labute approximate surface area is 114 Å². The molecule has 2 aliphatic rings. The molecule has 1 saturated carbocycles. The molecule has 2 heteroatoms. The zero-order valence-corrected chi connectivity index (χ0v) is 12.5. The first-order chi connectivity index (χ1) is 8.79. The molecule has 0 aromatic rings. The molecule has 0 bridgehead atoms. The third kappa shape index (κ3) is 4.24. The van der Waals surface area contributed by atoms with Crippen LogP contribution in [0.2, 0.25) is 0 Å². The maximum absolute atomic E-state index is 2.72. The highest BCUT2D eigenvalue weighted by molar-refractivity contribution is 4.79. The maximum atomic E-state index is 2.72. The molecule has 0 amide bonds. The molecule has 1 aliphatic carbocycles. The lowest BCUT2D eigenvalue weighted by atomic mass is 9.96. The number of hydrogen-bond donors (Lipinski definition) is 0. The molecule has 0 aromatic heterocycles. The first kappa shape index (κ1) is 14.3. The summed E-state index contributed by atoms with van der Waals surface area (Å²) >= 11 is 0. The van der Waals surface area contributed by atoms with Crippen LogP contribution in [0.15, 0.2) is 0 Å². The monoisotopic (exact) mass is 252 g/mol. The summed E-state index contributed by atoms with van der Waals surface area (Å²) in [6.07, 6.45) is 11.7. The van der Waals surface area contributed by atoms with Crippen LogP contribution < -0.4 is 0 Å². The molecule has 0 aromatic carbocycles. The second-order valence-corrected chi connectivity index (χ2v) is 6.49. The Hall–Kier alpha value is -0.0800. The van der Waals surface area contributed by atoms with Gasteiger partial charge in [-0.05, 0) is 32.4 Å². The van der Waals surface area contributed by atoms with Crippen molar-refractivity contribution in [2.45, 2.75) is 64.3 Å².